The fourth-order valence-electron chi connectivity index (χ4n) is 2.34. The molecule has 1 aromatic rings. The van der Waals surface area contributed by atoms with Crippen LogP contribution in [0.3, 0.4) is 0 Å². The van der Waals surface area contributed by atoms with E-state index in [1.165, 1.54) is 24.8 Å². The van der Waals surface area contributed by atoms with Crippen LogP contribution in [0.5, 0.6) is 5.75 Å². The van der Waals surface area contributed by atoms with E-state index in [1.54, 1.807) is 0 Å². The Kier molecular flexibility index (Phi) is 4.06. The second kappa shape index (κ2) is 5.54. The van der Waals surface area contributed by atoms with Gasteiger partial charge in [-0.1, -0.05) is 25.5 Å². The summed E-state index contributed by atoms with van der Waals surface area (Å²) >= 11 is 0. The molecule has 0 unspecified atom stereocenters. The molecule has 1 saturated carbocycles. The zero-order valence-corrected chi connectivity index (χ0v) is 11.0. The molecule has 2 nitrogen and oxygen atoms in total. The first-order valence-electron chi connectivity index (χ1n) is 6.64. The molecule has 0 aromatic heterocycles. The Labute approximate surface area is 104 Å². The van der Waals surface area contributed by atoms with Crippen LogP contribution in [0, 0.1) is 5.41 Å². The average molecular weight is 233 g/mol. The van der Waals surface area contributed by atoms with Crippen LogP contribution in [-0.2, 0) is 6.54 Å². The Morgan fingerprint density at radius 1 is 1.24 bits per heavy atom. The van der Waals surface area contributed by atoms with Gasteiger partial charge in [-0.2, -0.15) is 0 Å². The lowest BCUT2D eigenvalue weighted by Gasteiger charge is -2.38. The lowest BCUT2D eigenvalue weighted by molar-refractivity contribution is 0.156. The van der Waals surface area contributed by atoms with Crippen LogP contribution in [0.4, 0.5) is 0 Å². The van der Waals surface area contributed by atoms with E-state index in [0.29, 0.717) is 5.41 Å². The van der Waals surface area contributed by atoms with Crippen molar-refractivity contribution in [2.24, 2.45) is 5.41 Å². The smallest absolute Gasteiger partial charge is 0.119 e. The molecule has 1 aliphatic carbocycles. The van der Waals surface area contributed by atoms with Gasteiger partial charge in [0.15, 0.2) is 0 Å². The van der Waals surface area contributed by atoms with Gasteiger partial charge in [0.05, 0.1) is 6.61 Å². The number of nitrogens with one attached hydrogen (secondary N) is 1. The standard InChI is InChI=1S/C15H23NO/c1-3-17-14-7-5-13(6-8-14)11-16-12-15(2)9-4-10-15/h5-8,16H,3-4,9-12H2,1-2H3. The van der Waals surface area contributed by atoms with Gasteiger partial charge in [0.2, 0.25) is 0 Å². The van der Waals surface area contributed by atoms with Crippen LogP contribution in [0.15, 0.2) is 24.3 Å². The largest absolute Gasteiger partial charge is 0.494 e. The number of hydrogen-bond acceptors (Lipinski definition) is 2. The van der Waals surface area contributed by atoms with E-state index in [2.05, 4.69) is 24.4 Å². The van der Waals surface area contributed by atoms with Crippen molar-refractivity contribution in [3.8, 4) is 5.75 Å². The SMILES string of the molecule is CCOc1ccc(CNCC2(C)CCC2)cc1. The summed E-state index contributed by atoms with van der Waals surface area (Å²) in [5.74, 6) is 0.960. The monoisotopic (exact) mass is 233 g/mol. The van der Waals surface area contributed by atoms with Crippen LogP contribution in [0.1, 0.15) is 38.7 Å². The zero-order valence-electron chi connectivity index (χ0n) is 11.0. The van der Waals surface area contributed by atoms with E-state index in [1.807, 2.05) is 19.1 Å². The van der Waals surface area contributed by atoms with Crippen LogP contribution in [0.25, 0.3) is 0 Å². The minimum absolute atomic E-state index is 0.561. The van der Waals surface area contributed by atoms with Crippen molar-refractivity contribution >= 4 is 0 Å². The summed E-state index contributed by atoms with van der Waals surface area (Å²) in [6, 6.07) is 8.37. The summed E-state index contributed by atoms with van der Waals surface area (Å²) in [5, 5.41) is 3.55. The lowest BCUT2D eigenvalue weighted by Crippen LogP contribution is -2.36. The Morgan fingerprint density at radius 3 is 2.47 bits per heavy atom. The molecule has 0 bridgehead atoms. The maximum Gasteiger partial charge on any atom is 0.119 e. The summed E-state index contributed by atoms with van der Waals surface area (Å²) < 4.78 is 5.43. The number of hydrogen-bond donors (Lipinski definition) is 1. The molecule has 0 radical (unpaired) electrons. The predicted octanol–water partition coefficient (Wildman–Crippen LogP) is 3.37. The maximum absolute atomic E-state index is 5.43. The second-order valence-corrected chi connectivity index (χ2v) is 5.34. The van der Waals surface area contributed by atoms with Crippen molar-refractivity contribution in [1.82, 2.24) is 5.32 Å². The van der Waals surface area contributed by atoms with Crippen LogP contribution >= 0.6 is 0 Å². The average Bonchev–Trinajstić information content (AvgIpc) is 2.30. The highest BCUT2D eigenvalue weighted by Gasteiger charge is 2.30. The van der Waals surface area contributed by atoms with Gasteiger partial charge in [-0.25, -0.2) is 0 Å². The van der Waals surface area contributed by atoms with Crippen LogP contribution in [0.2, 0.25) is 0 Å². The molecule has 1 fully saturated rings. The second-order valence-electron chi connectivity index (χ2n) is 5.34. The van der Waals surface area contributed by atoms with E-state index >= 15 is 0 Å². The quantitative estimate of drug-likeness (QED) is 0.813. The molecule has 0 aliphatic heterocycles. The highest BCUT2D eigenvalue weighted by atomic mass is 16.5. The molecule has 2 heteroatoms. The van der Waals surface area contributed by atoms with Crippen molar-refractivity contribution in [2.45, 2.75) is 39.7 Å². The van der Waals surface area contributed by atoms with Crippen molar-refractivity contribution < 1.29 is 4.74 Å². The third-order valence-corrected chi connectivity index (χ3v) is 3.68. The fourth-order valence-corrected chi connectivity index (χ4v) is 2.34. The molecule has 0 spiro atoms. The lowest BCUT2D eigenvalue weighted by atomic mass is 9.70. The Balaban J connectivity index is 1.75. The molecule has 0 atom stereocenters. The summed E-state index contributed by atoms with van der Waals surface area (Å²) in [4.78, 5) is 0. The van der Waals surface area contributed by atoms with Gasteiger partial charge in [-0.3, -0.25) is 0 Å². The van der Waals surface area contributed by atoms with Crippen molar-refractivity contribution in [3.63, 3.8) is 0 Å². The van der Waals surface area contributed by atoms with Gasteiger partial charge in [0.25, 0.3) is 0 Å². The molecule has 94 valence electrons. The Morgan fingerprint density at radius 2 is 1.94 bits per heavy atom. The normalized spacial score (nSPS) is 17.5. The number of benzene rings is 1. The molecule has 1 aliphatic rings. The molecule has 1 aromatic carbocycles. The third-order valence-electron chi connectivity index (χ3n) is 3.68. The highest BCUT2D eigenvalue weighted by molar-refractivity contribution is 5.27. The van der Waals surface area contributed by atoms with E-state index in [4.69, 9.17) is 4.74 Å². The first-order valence-corrected chi connectivity index (χ1v) is 6.64. The van der Waals surface area contributed by atoms with Gasteiger partial charge < -0.3 is 10.1 Å². The topological polar surface area (TPSA) is 21.3 Å². The van der Waals surface area contributed by atoms with Crippen molar-refractivity contribution in [1.29, 1.82) is 0 Å². The van der Waals surface area contributed by atoms with Gasteiger partial charge in [0.1, 0.15) is 5.75 Å². The fraction of sp³-hybridized carbons (Fsp3) is 0.600. The highest BCUT2D eigenvalue weighted by Crippen LogP contribution is 2.39. The van der Waals surface area contributed by atoms with E-state index in [9.17, 15) is 0 Å². The van der Waals surface area contributed by atoms with E-state index < -0.39 is 0 Å². The first kappa shape index (κ1) is 12.4. The van der Waals surface area contributed by atoms with Crippen LogP contribution in [-0.4, -0.2) is 13.2 Å². The summed E-state index contributed by atoms with van der Waals surface area (Å²) in [6.45, 7) is 7.22. The molecule has 0 heterocycles. The zero-order chi connectivity index (χ0) is 12.1. The molecule has 0 saturated heterocycles. The number of rotatable bonds is 6. The molecular formula is C15H23NO. The maximum atomic E-state index is 5.43. The molecule has 0 amide bonds. The summed E-state index contributed by atoms with van der Waals surface area (Å²) in [6.07, 6.45) is 4.16. The van der Waals surface area contributed by atoms with Crippen molar-refractivity contribution in [2.75, 3.05) is 13.2 Å². The minimum atomic E-state index is 0.561. The van der Waals surface area contributed by atoms with Crippen molar-refractivity contribution in [3.05, 3.63) is 29.8 Å². The Hall–Kier alpha value is -1.02. The molecular weight excluding hydrogens is 210 g/mol. The van der Waals surface area contributed by atoms with E-state index in [-0.39, 0.29) is 0 Å². The molecule has 2 rings (SSSR count). The minimum Gasteiger partial charge on any atom is -0.494 e. The van der Waals surface area contributed by atoms with E-state index in [0.717, 1.165) is 25.4 Å². The first-order chi connectivity index (χ1) is 8.22. The van der Waals surface area contributed by atoms with Crippen LogP contribution < -0.4 is 10.1 Å². The van der Waals surface area contributed by atoms with Gasteiger partial charge in [-0.05, 0) is 42.9 Å². The van der Waals surface area contributed by atoms with Gasteiger partial charge >= 0.3 is 0 Å². The Bertz CT molecular complexity index is 340. The summed E-state index contributed by atoms with van der Waals surface area (Å²) in [7, 11) is 0. The molecule has 1 N–H and O–H groups in total. The summed E-state index contributed by atoms with van der Waals surface area (Å²) in [5.41, 5.74) is 1.89. The number of ether oxygens (including phenoxy) is 1. The third kappa shape index (κ3) is 3.47. The van der Waals surface area contributed by atoms with Gasteiger partial charge in [-0.15, -0.1) is 0 Å². The predicted molar refractivity (Wildman–Crippen MR) is 71.3 cm³/mol. The molecule has 17 heavy (non-hydrogen) atoms. The van der Waals surface area contributed by atoms with Gasteiger partial charge in [0, 0.05) is 13.1 Å².